The molecule has 0 unspecified atom stereocenters. The predicted molar refractivity (Wildman–Crippen MR) is 150 cm³/mol. The van der Waals surface area contributed by atoms with Crippen LogP contribution in [0.25, 0.3) is 21.5 Å². The second-order valence-corrected chi connectivity index (χ2v) is 13.7. The molecule has 0 aromatic heterocycles. The molecule has 0 aliphatic carbocycles. The normalized spacial score (nSPS) is 14.9. The van der Waals surface area contributed by atoms with Crippen LogP contribution in [0.5, 0.6) is 0 Å². The Hall–Kier alpha value is -3.86. The molecule has 0 fully saturated rings. The van der Waals surface area contributed by atoms with Crippen molar-refractivity contribution in [1.29, 1.82) is 0 Å². The highest BCUT2D eigenvalue weighted by atomic mass is 28.3. The number of allylic oxidation sites excluding steroid dienone is 2. The number of aryl methyl sites for hydroxylation is 1. The predicted octanol–water partition coefficient (Wildman–Crippen LogP) is 8.30. The standard InChI is InChI=1S/C33H28Si/c1-5-25-18-22-29(23-19-25)33-31(27-14-10-7-11-15-27)30(26-12-8-6-9-13-26)32(34(33,3)4)28-20-16-24(2)17-21-28/h1,6-23H,2-4H3. The summed E-state index contributed by atoms with van der Waals surface area (Å²) in [7, 11) is -2.11. The van der Waals surface area contributed by atoms with Crippen LogP contribution in [-0.2, 0) is 0 Å². The van der Waals surface area contributed by atoms with Gasteiger partial charge in [0.1, 0.15) is 8.07 Å². The first kappa shape index (κ1) is 22.0. The molecule has 1 heterocycles. The van der Waals surface area contributed by atoms with Crippen LogP contribution in [0.3, 0.4) is 0 Å². The van der Waals surface area contributed by atoms with Crippen molar-refractivity contribution in [2.75, 3.05) is 0 Å². The summed E-state index contributed by atoms with van der Waals surface area (Å²) in [4.78, 5) is 0. The van der Waals surface area contributed by atoms with E-state index in [4.69, 9.17) is 6.42 Å². The van der Waals surface area contributed by atoms with E-state index in [0.29, 0.717) is 0 Å². The van der Waals surface area contributed by atoms with Crippen molar-refractivity contribution in [2.45, 2.75) is 20.0 Å². The maximum atomic E-state index is 5.67. The van der Waals surface area contributed by atoms with E-state index in [-0.39, 0.29) is 0 Å². The number of benzene rings is 4. The van der Waals surface area contributed by atoms with Gasteiger partial charge in [0.15, 0.2) is 0 Å². The van der Waals surface area contributed by atoms with E-state index >= 15 is 0 Å². The molecule has 1 aliphatic rings. The van der Waals surface area contributed by atoms with Crippen LogP contribution in [0.2, 0.25) is 13.1 Å². The van der Waals surface area contributed by atoms with E-state index in [1.54, 1.807) is 0 Å². The van der Waals surface area contributed by atoms with E-state index < -0.39 is 8.07 Å². The summed E-state index contributed by atoms with van der Waals surface area (Å²) in [6.07, 6.45) is 5.67. The van der Waals surface area contributed by atoms with Gasteiger partial charge in [0.2, 0.25) is 0 Å². The zero-order valence-electron chi connectivity index (χ0n) is 20.0. The molecule has 164 valence electrons. The van der Waals surface area contributed by atoms with Gasteiger partial charge in [-0.3, -0.25) is 0 Å². The Morgan fingerprint density at radius 1 is 0.529 bits per heavy atom. The van der Waals surface area contributed by atoms with Crippen LogP contribution in [-0.4, -0.2) is 8.07 Å². The van der Waals surface area contributed by atoms with Crippen molar-refractivity contribution in [3.63, 3.8) is 0 Å². The van der Waals surface area contributed by atoms with Crippen molar-refractivity contribution in [1.82, 2.24) is 0 Å². The van der Waals surface area contributed by atoms with Gasteiger partial charge in [-0.1, -0.05) is 122 Å². The molecule has 4 aromatic carbocycles. The topological polar surface area (TPSA) is 0 Å². The van der Waals surface area contributed by atoms with Gasteiger partial charge in [-0.25, -0.2) is 0 Å². The van der Waals surface area contributed by atoms with E-state index in [0.717, 1.165) is 5.56 Å². The van der Waals surface area contributed by atoms with Gasteiger partial charge in [-0.05, 0) is 62.8 Å². The fourth-order valence-corrected chi connectivity index (χ4v) is 9.07. The summed E-state index contributed by atoms with van der Waals surface area (Å²) < 4.78 is 0. The maximum Gasteiger partial charge on any atom is 0.115 e. The van der Waals surface area contributed by atoms with E-state index in [2.05, 4.69) is 135 Å². The highest BCUT2D eigenvalue weighted by Crippen LogP contribution is 2.55. The van der Waals surface area contributed by atoms with E-state index in [1.807, 2.05) is 0 Å². The molecule has 0 nitrogen and oxygen atoms in total. The van der Waals surface area contributed by atoms with Crippen LogP contribution in [0.4, 0.5) is 0 Å². The summed E-state index contributed by atoms with van der Waals surface area (Å²) in [5, 5.41) is 2.96. The molecule has 0 spiro atoms. The Bertz CT molecular complexity index is 1430. The molecular formula is C33H28Si. The van der Waals surface area contributed by atoms with Crippen LogP contribution in [0.1, 0.15) is 33.4 Å². The largest absolute Gasteiger partial charge is 0.115 e. The molecule has 0 N–H and O–H groups in total. The van der Waals surface area contributed by atoms with E-state index in [1.165, 1.54) is 49.4 Å². The summed E-state index contributed by atoms with van der Waals surface area (Å²) in [5.74, 6) is 2.77. The second-order valence-electron chi connectivity index (χ2n) is 9.44. The molecular weight excluding hydrogens is 424 g/mol. The monoisotopic (exact) mass is 452 g/mol. The molecule has 0 amide bonds. The Morgan fingerprint density at radius 2 is 0.941 bits per heavy atom. The summed E-state index contributed by atoms with van der Waals surface area (Å²) in [6, 6.07) is 39.4. The fourth-order valence-electron chi connectivity index (χ4n) is 5.25. The van der Waals surface area contributed by atoms with Crippen molar-refractivity contribution in [3.05, 3.63) is 143 Å². The minimum absolute atomic E-state index is 0.915. The molecule has 0 saturated heterocycles. The van der Waals surface area contributed by atoms with E-state index in [9.17, 15) is 0 Å². The van der Waals surface area contributed by atoms with Crippen molar-refractivity contribution >= 4 is 29.6 Å². The number of rotatable bonds is 4. The third-order valence-electron chi connectivity index (χ3n) is 6.81. The smallest absolute Gasteiger partial charge is 0.115 e. The lowest BCUT2D eigenvalue weighted by Crippen LogP contribution is -2.28. The van der Waals surface area contributed by atoms with Crippen LogP contribution in [0, 0.1) is 19.3 Å². The van der Waals surface area contributed by atoms with Crippen LogP contribution in [0.15, 0.2) is 109 Å². The number of hydrogen-bond donors (Lipinski definition) is 0. The highest BCUT2D eigenvalue weighted by Gasteiger charge is 2.43. The lowest BCUT2D eigenvalue weighted by atomic mass is 9.89. The fraction of sp³-hybridized carbons (Fsp3) is 0.0909. The van der Waals surface area contributed by atoms with Crippen molar-refractivity contribution in [3.8, 4) is 12.3 Å². The van der Waals surface area contributed by atoms with Gasteiger partial charge in [0, 0.05) is 5.56 Å². The van der Waals surface area contributed by atoms with Crippen LogP contribution < -0.4 is 0 Å². The summed E-state index contributed by atoms with van der Waals surface area (Å²) in [6.45, 7) is 7.14. The van der Waals surface area contributed by atoms with Crippen molar-refractivity contribution in [2.24, 2.45) is 0 Å². The maximum absolute atomic E-state index is 5.67. The Balaban J connectivity index is 1.89. The van der Waals surface area contributed by atoms with Crippen molar-refractivity contribution < 1.29 is 0 Å². The summed E-state index contributed by atoms with van der Waals surface area (Å²) in [5.41, 5.74) is 10.0. The molecule has 5 rings (SSSR count). The highest BCUT2D eigenvalue weighted by molar-refractivity contribution is 7.13. The van der Waals surface area contributed by atoms with Gasteiger partial charge < -0.3 is 0 Å². The quantitative estimate of drug-likeness (QED) is 0.216. The molecule has 4 aromatic rings. The lowest BCUT2D eigenvalue weighted by Gasteiger charge is -2.26. The number of hydrogen-bond acceptors (Lipinski definition) is 0. The SMILES string of the molecule is C#Cc1ccc(C2=C(c3ccccc3)C(c3ccccc3)=C(c3ccc(C)cc3)[Si]2(C)C)cc1. The zero-order valence-corrected chi connectivity index (χ0v) is 21.0. The van der Waals surface area contributed by atoms with Gasteiger partial charge in [-0.15, -0.1) is 6.42 Å². The number of terminal acetylenes is 1. The minimum atomic E-state index is -2.11. The average molecular weight is 453 g/mol. The Labute approximate surface area is 204 Å². The molecule has 0 radical (unpaired) electrons. The van der Waals surface area contributed by atoms with Crippen LogP contribution >= 0.6 is 0 Å². The molecule has 0 saturated carbocycles. The van der Waals surface area contributed by atoms with Gasteiger partial charge in [0.05, 0.1) is 0 Å². The zero-order chi connectivity index (χ0) is 23.7. The third-order valence-corrected chi connectivity index (χ3v) is 10.4. The van der Waals surface area contributed by atoms with Gasteiger partial charge in [-0.2, -0.15) is 0 Å². The Morgan fingerprint density at radius 3 is 1.35 bits per heavy atom. The molecule has 0 atom stereocenters. The van der Waals surface area contributed by atoms with Gasteiger partial charge >= 0.3 is 0 Å². The third kappa shape index (κ3) is 3.77. The minimum Gasteiger partial charge on any atom is -0.115 e. The molecule has 1 heteroatoms. The molecule has 0 bridgehead atoms. The van der Waals surface area contributed by atoms with Gasteiger partial charge in [0.25, 0.3) is 0 Å². The first-order valence-corrected chi connectivity index (χ1v) is 14.8. The first-order chi connectivity index (χ1) is 16.5. The molecule has 34 heavy (non-hydrogen) atoms. The average Bonchev–Trinajstić information content (AvgIpc) is 3.13. The first-order valence-electron chi connectivity index (χ1n) is 11.8. The summed E-state index contributed by atoms with van der Waals surface area (Å²) >= 11 is 0. The molecule has 1 aliphatic heterocycles. The Kier molecular flexibility index (Phi) is 5.70. The second kappa shape index (κ2) is 8.82. The lowest BCUT2D eigenvalue weighted by molar-refractivity contribution is 1.46.